The Morgan fingerprint density at radius 3 is 2.36 bits per heavy atom. The number of aldehydes is 1. The van der Waals surface area contributed by atoms with E-state index in [-0.39, 0.29) is 0 Å². The van der Waals surface area contributed by atoms with Crippen molar-refractivity contribution in [3.05, 3.63) is 40.9 Å². The van der Waals surface area contributed by atoms with Gasteiger partial charge >= 0.3 is 0 Å². The molecule has 0 aliphatic carbocycles. The second-order valence-corrected chi connectivity index (χ2v) is 2.48. The smallest absolute Gasteiger partial charge is 0.142 e. The quantitative estimate of drug-likeness (QED) is 0.488. The second-order valence-electron chi connectivity index (χ2n) is 2.05. The summed E-state index contributed by atoms with van der Waals surface area (Å²) < 4.78 is 0. The van der Waals surface area contributed by atoms with Crippen LogP contribution >= 0.6 is 11.6 Å². The van der Waals surface area contributed by atoms with Crippen molar-refractivity contribution in [1.82, 2.24) is 0 Å². The molecule has 56 valence electrons. The number of halogens is 1. The van der Waals surface area contributed by atoms with Crippen LogP contribution in [0, 0.1) is 0 Å². The number of carbonyl (C=O) groups excluding carboxylic acids is 1. The van der Waals surface area contributed by atoms with Gasteiger partial charge in [0, 0.05) is 5.02 Å². The Bertz CT molecular complexity index is 261. The van der Waals surface area contributed by atoms with Gasteiger partial charge in [0.05, 0.1) is 0 Å². The topological polar surface area (TPSA) is 17.1 Å². The zero-order valence-electron chi connectivity index (χ0n) is 5.83. The van der Waals surface area contributed by atoms with Gasteiger partial charge in [-0.25, -0.2) is 0 Å². The number of allylic oxidation sites excluding steroid dienone is 1. The summed E-state index contributed by atoms with van der Waals surface area (Å²) in [4.78, 5) is 9.93. The molecule has 1 nitrogen and oxygen atoms in total. The predicted octanol–water partition coefficient (Wildman–Crippen LogP) is 2.55. The highest BCUT2D eigenvalue weighted by molar-refractivity contribution is 6.30. The molecule has 0 spiro atoms. The Morgan fingerprint density at radius 1 is 1.18 bits per heavy atom. The van der Waals surface area contributed by atoms with Crippen LogP contribution < -0.4 is 0 Å². The zero-order valence-corrected chi connectivity index (χ0v) is 6.58. The molecular weight excluding hydrogens is 160 g/mol. The fraction of sp³-hybridized carbons (Fsp3) is 0. The van der Waals surface area contributed by atoms with Crippen LogP contribution in [0.5, 0.6) is 0 Å². The van der Waals surface area contributed by atoms with Crippen LogP contribution in [0.3, 0.4) is 0 Å². The van der Waals surface area contributed by atoms with Crippen molar-refractivity contribution in [2.75, 3.05) is 0 Å². The average Bonchev–Trinajstić information content (AvgIpc) is 2.04. The first-order valence-electron chi connectivity index (χ1n) is 3.20. The minimum absolute atomic E-state index is 0.702. The normalized spacial score (nSPS) is 10.3. The van der Waals surface area contributed by atoms with E-state index in [1.54, 1.807) is 18.2 Å². The largest absolute Gasteiger partial charge is 0.299 e. The van der Waals surface area contributed by atoms with E-state index in [0.717, 1.165) is 11.8 Å². The molecule has 0 aliphatic heterocycles. The summed E-state index contributed by atoms with van der Waals surface area (Å²) in [5, 5.41) is 0.702. The van der Waals surface area contributed by atoms with Crippen LogP contribution in [0.4, 0.5) is 0 Å². The molecule has 0 amide bonds. The minimum Gasteiger partial charge on any atom is -0.299 e. The van der Waals surface area contributed by atoms with Gasteiger partial charge < -0.3 is 0 Å². The van der Waals surface area contributed by atoms with Gasteiger partial charge in [-0.05, 0) is 23.8 Å². The van der Waals surface area contributed by atoms with Gasteiger partial charge in [-0.3, -0.25) is 4.79 Å². The minimum atomic E-state index is 0.702. The molecule has 0 saturated heterocycles. The third kappa shape index (κ3) is 2.56. The lowest BCUT2D eigenvalue weighted by atomic mass is 10.2. The summed E-state index contributed by atoms with van der Waals surface area (Å²) >= 11 is 5.65. The lowest BCUT2D eigenvalue weighted by Crippen LogP contribution is -1.70. The molecule has 2 heteroatoms. The van der Waals surface area contributed by atoms with Crippen molar-refractivity contribution in [2.24, 2.45) is 0 Å². The summed E-state index contributed by atoms with van der Waals surface area (Å²) in [6.07, 6.45) is 3.92. The zero-order chi connectivity index (χ0) is 8.10. The molecule has 0 unspecified atom stereocenters. The van der Waals surface area contributed by atoms with Gasteiger partial charge in [-0.2, -0.15) is 0 Å². The first-order chi connectivity index (χ1) is 5.33. The maximum Gasteiger partial charge on any atom is 0.142 e. The van der Waals surface area contributed by atoms with E-state index < -0.39 is 0 Å². The molecule has 0 saturated carbocycles. The van der Waals surface area contributed by atoms with Gasteiger partial charge in [0.15, 0.2) is 0 Å². The van der Waals surface area contributed by atoms with E-state index in [1.807, 2.05) is 12.1 Å². The first-order valence-corrected chi connectivity index (χ1v) is 3.58. The van der Waals surface area contributed by atoms with E-state index in [0.29, 0.717) is 5.02 Å². The first kappa shape index (κ1) is 8.02. The molecular formula is C9H7ClO. The maximum absolute atomic E-state index is 9.93. The van der Waals surface area contributed by atoms with Crippen molar-refractivity contribution < 1.29 is 4.79 Å². The molecule has 0 heterocycles. The molecule has 0 aromatic heterocycles. The molecule has 0 fully saturated rings. The van der Waals surface area contributed by atoms with Crippen LogP contribution in [-0.4, -0.2) is 6.29 Å². The van der Waals surface area contributed by atoms with Crippen LogP contribution in [0.15, 0.2) is 30.3 Å². The Morgan fingerprint density at radius 2 is 1.82 bits per heavy atom. The molecule has 0 bridgehead atoms. The Labute approximate surface area is 70.3 Å². The van der Waals surface area contributed by atoms with Gasteiger partial charge in [-0.15, -0.1) is 0 Å². The second kappa shape index (κ2) is 3.94. The fourth-order valence-electron chi connectivity index (χ4n) is 0.724. The van der Waals surface area contributed by atoms with E-state index in [1.165, 1.54) is 6.08 Å². The number of carbonyl (C=O) groups is 1. The lowest BCUT2D eigenvalue weighted by Gasteiger charge is -1.90. The molecule has 1 aromatic carbocycles. The van der Waals surface area contributed by atoms with Crippen LogP contribution in [0.25, 0.3) is 6.08 Å². The van der Waals surface area contributed by atoms with Crippen molar-refractivity contribution in [3.63, 3.8) is 0 Å². The van der Waals surface area contributed by atoms with E-state index in [4.69, 9.17) is 11.6 Å². The van der Waals surface area contributed by atoms with E-state index in [9.17, 15) is 4.79 Å². The molecule has 0 radical (unpaired) electrons. The molecule has 0 aliphatic rings. The van der Waals surface area contributed by atoms with Crippen LogP contribution in [-0.2, 0) is 4.79 Å². The highest BCUT2D eigenvalue weighted by Gasteiger charge is 1.85. The van der Waals surface area contributed by atoms with Crippen molar-refractivity contribution in [1.29, 1.82) is 0 Å². The van der Waals surface area contributed by atoms with Gasteiger partial charge in [0.2, 0.25) is 0 Å². The van der Waals surface area contributed by atoms with E-state index >= 15 is 0 Å². The van der Waals surface area contributed by atoms with Gasteiger partial charge in [0.1, 0.15) is 6.29 Å². The average molecular weight is 167 g/mol. The SMILES string of the molecule is O=CC=Cc1ccc(Cl)cc1. The van der Waals surface area contributed by atoms with Crippen molar-refractivity contribution >= 4 is 24.0 Å². The number of hydrogen-bond donors (Lipinski definition) is 0. The summed E-state index contributed by atoms with van der Waals surface area (Å²) in [5.41, 5.74) is 0.974. The van der Waals surface area contributed by atoms with Crippen molar-refractivity contribution in [3.8, 4) is 0 Å². The Balaban J connectivity index is 2.81. The number of rotatable bonds is 2. The summed E-state index contributed by atoms with van der Waals surface area (Å²) in [6.45, 7) is 0. The Kier molecular flexibility index (Phi) is 2.87. The fourth-order valence-corrected chi connectivity index (χ4v) is 0.850. The third-order valence-corrected chi connectivity index (χ3v) is 1.49. The highest BCUT2D eigenvalue weighted by Crippen LogP contribution is 2.09. The molecule has 0 N–H and O–H groups in total. The van der Waals surface area contributed by atoms with Crippen LogP contribution in [0.1, 0.15) is 5.56 Å². The lowest BCUT2D eigenvalue weighted by molar-refractivity contribution is -0.104. The summed E-state index contributed by atoms with van der Waals surface area (Å²) in [6, 6.07) is 7.27. The van der Waals surface area contributed by atoms with Gasteiger partial charge in [-0.1, -0.05) is 29.8 Å². The standard InChI is InChI=1S/C9H7ClO/c10-9-5-3-8(4-6-9)2-1-7-11/h1-7H. The maximum atomic E-state index is 9.93. The van der Waals surface area contributed by atoms with Crippen molar-refractivity contribution in [2.45, 2.75) is 0 Å². The van der Waals surface area contributed by atoms with Gasteiger partial charge in [0.25, 0.3) is 0 Å². The molecule has 1 rings (SSSR count). The number of benzene rings is 1. The molecule has 1 aromatic rings. The highest BCUT2D eigenvalue weighted by atomic mass is 35.5. The van der Waals surface area contributed by atoms with E-state index in [2.05, 4.69) is 0 Å². The monoisotopic (exact) mass is 166 g/mol. The number of hydrogen-bond acceptors (Lipinski definition) is 1. The molecule has 0 atom stereocenters. The molecule has 11 heavy (non-hydrogen) atoms. The summed E-state index contributed by atoms with van der Waals surface area (Å²) in [5.74, 6) is 0. The third-order valence-electron chi connectivity index (χ3n) is 1.24. The van der Waals surface area contributed by atoms with Crippen LogP contribution in [0.2, 0.25) is 5.02 Å². The predicted molar refractivity (Wildman–Crippen MR) is 46.6 cm³/mol. The summed E-state index contributed by atoms with van der Waals surface area (Å²) in [7, 11) is 0. The Hall–Kier alpha value is -1.08.